The highest BCUT2D eigenvalue weighted by Gasteiger charge is 1.99. The van der Waals surface area contributed by atoms with Crippen LogP contribution in [0.1, 0.15) is 0 Å². The predicted molar refractivity (Wildman–Crippen MR) is 34.2 cm³/mol. The van der Waals surface area contributed by atoms with Crippen molar-refractivity contribution >= 4 is 0 Å². The monoisotopic (exact) mass is 135 g/mol. The fourth-order valence-electron chi connectivity index (χ4n) is 0.763. The minimum atomic E-state index is 0.730. The minimum Gasteiger partial charge on any atom is -0.472 e. The molecular weight excluding hydrogens is 130 g/mol. The Bertz CT molecular complexity index is 251. The van der Waals surface area contributed by atoms with Crippen molar-refractivity contribution in [1.29, 1.82) is 0 Å². The van der Waals surface area contributed by atoms with Crippen LogP contribution in [-0.2, 0) is 0 Å². The summed E-state index contributed by atoms with van der Waals surface area (Å²) in [4.78, 5) is 3.77. The second-order valence-electron chi connectivity index (χ2n) is 1.88. The van der Waals surface area contributed by atoms with Crippen LogP contribution in [0, 0.1) is 0 Å². The molecule has 2 heterocycles. The van der Waals surface area contributed by atoms with Gasteiger partial charge in [0, 0.05) is 0 Å². The van der Waals surface area contributed by atoms with Crippen LogP contribution >= 0.6 is 0 Å². The summed E-state index contributed by atoms with van der Waals surface area (Å²) in [5.41, 5.74) is 0.914. The summed E-state index contributed by atoms with van der Waals surface area (Å²) in [5, 5.41) is 0. The molecule has 0 atom stereocenters. The summed E-state index contributed by atoms with van der Waals surface area (Å²) < 4.78 is 9.86. The zero-order valence-corrected chi connectivity index (χ0v) is 5.15. The molecule has 2 aromatic rings. The van der Waals surface area contributed by atoms with Crippen LogP contribution in [-0.4, -0.2) is 4.98 Å². The maximum Gasteiger partial charge on any atom is 0.181 e. The van der Waals surface area contributed by atoms with E-state index in [1.165, 1.54) is 6.39 Å². The maximum absolute atomic E-state index is 5.01. The van der Waals surface area contributed by atoms with Gasteiger partial charge in [0.2, 0.25) is 0 Å². The number of rotatable bonds is 1. The second kappa shape index (κ2) is 2.02. The van der Waals surface area contributed by atoms with Crippen LogP contribution in [0.25, 0.3) is 11.3 Å². The molecule has 0 aromatic carbocycles. The van der Waals surface area contributed by atoms with Crippen molar-refractivity contribution in [2.75, 3.05) is 0 Å². The van der Waals surface area contributed by atoms with E-state index in [2.05, 4.69) is 4.98 Å². The van der Waals surface area contributed by atoms with Gasteiger partial charge in [0.05, 0.1) is 18.0 Å². The number of hydrogen-bond donors (Lipinski definition) is 0. The molecule has 2 rings (SSSR count). The number of oxazole rings is 1. The SMILES string of the molecule is c1cc(-c2cnco2)co1. The largest absolute Gasteiger partial charge is 0.472 e. The van der Waals surface area contributed by atoms with Gasteiger partial charge in [-0.1, -0.05) is 0 Å². The average Bonchev–Trinajstić information content (AvgIpc) is 2.59. The van der Waals surface area contributed by atoms with E-state index >= 15 is 0 Å². The van der Waals surface area contributed by atoms with E-state index in [1.807, 2.05) is 6.07 Å². The van der Waals surface area contributed by atoms with Crippen molar-refractivity contribution in [3.05, 3.63) is 31.2 Å². The maximum atomic E-state index is 5.01. The summed E-state index contributed by atoms with van der Waals surface area (Å²) in [5.74, 6) is 0.730. The van der Waals surface area contributed by atoms with Crippen molar-refractivity contribution in [2.45, 2.75) is 0 Å². The van der Waals surface area contributed by atoms with E-state index in [4.69, 9.17) is 8.83 Å². The van der Waals surface area contributed by atoms with Crippen LogP contribution in [0.15, 0.2) is 40.0 Å². The van der Waals surface area contributed by atoms with Gasteiger partial charge < -0.3 is 8.83 Å². The fraction of sp³-hybridized carbons (Fsp3) is 0. The molecule has 0 saturated carbocycles. The zero-order valence-electron chi connectivity index (χ0n) is 5.15. The molecule has 0 fully saturated rings. The highest BCUT2D eigenvalue weighted by atomic mass is 16.3. The number of aromatic nitrogens is 1. The van der Waals surface area contributed by atoms with Gasteiger partial charge >= 0.3 is 0 Å². The Morgan fingerprint density at radius 1 is 1.40 bits per heavy atom. The quantitative estimate of drug-likeness (QED) is 0.599. The van der Waals surface area contributed by atoms with Crippen LogP contribution < -0.4 is 0 Å². The lowest BCUT2D eigenvalue weighted by atomic mass is 10.3. The van der Waals surface area contributed by atoms with Gasteiger partial charge in [0.1, 0.15) is 6.26 Å². The average molecular weight is 135 g/mol. The summed E-state index contributed by atoms with van der Waals surface area (Å²) in [6, 6.07) is 1.82. The summed E-state index contributed by atoms with van der Waals surface area (Å²) >= 11 is 0. The highest BCUT2D eigenvalue weighted by Crippen LogP contribution is 2.17. The number of hydrogen-bond acceptors (Lipinski definition) is 3. The Labute approximate surface area is 57.3 Å². The van der Waals surface area contributed by atoms with Crippen molar-refractivity contribution < 1.29 is 8.83 Å². The van der Waals surface area contributed by atoms with E-state index in [9.17, 15) is 0 Å². The first-order valence-corrected chi connectivity index (χ1v) is 2.88. The molecule has 0 aliphatic rings. The summed E-state index contributed by atoms with van der Waals surface area (Å²) in [6.45, 7) is 0. The lowest BCUT2D eigenvalue weighted by Gasteiger charge is -1.82. The third kappa shape index (κ3) is 0.719. The molecule has 0 N–H and O–H groups in total. The molecule has 10 heavy (non-hydrogen) atoms. The highest BCUT2D eigenvalue weighted by molar-refractivity contribution is 5.53. The topological polar surface area (TPSA) is 39.2 Å². The molecule has 0 unspecified atom stereocenters. The van der Waals surface area contributed by atoms with Crippen molar-refractivity contribution in [3.63, 3.8) is 0 Å². The Kier molecular flexibility index (Phi) is 1.07. The van der Waals surface area contributed by atoms with E-state index in [0.29, 0.717) is 0 Å². The Morgan fingerprint density at radius 3 is 3.00 bits per heavy atom. The van der Waals surface area contributed by atoms with Crippen LogP contribution in [0.2, 0.25) is 0 Å². The van der Waals surface area contributed by atoms with Gasteiger partial charge in [0.15, 0.2) is 12.2 Å². The molecule has 0 saturated heterocycles. The van der Waals surface area contributed by atoms with Crippen LogP contribution in [0.3, 0.4) is 0 Å². The molecule has 0 radical (unpaired) electrons. The smallest absolute Gasteiger partial charge is 0.181 e. The Morgan fingerprint density at radius 2 is 2.40 bits per heavy atom. The molecule has 0 bridgehead atoms. The van der Waals surface area contributed by atoms with E-state index in [1.54, 1.807) is 18.7 Å². The first kappa shape index (κ1) is 5.29. The van der Waals surface area contributed by atoms with Gasteiger partial charge in [-0.3, -0.25) is 0 Å². The molecule has 3 heteroatoms. The lowest BCUT2D eigenvalue weighted by molar-refractivity contribution is 0.557. The molecule has 0 aliphatic heterocycles. The zero-order chi connectivity index (χ0) is 6.81. The van der Waals surface area contributed by atoms with Gasteiger partial charge in [-0.25, -0.2) is 4.98 Å². The van der Waals surface area contributed by atoms with Gasteiger partial charge in [-0.05, 0) is 6.07 Å². The van der Waals surface area contributed by atoms with Crippen LogP contribution in [0.5, 0.6) is 0 Å². The molecule has 3 nitrogen and oxygen atoms in total. The summed E-state index contributed by atoms with van der Waals surface area (Å²) in [7, 11) is 0. The Balaban J connectivity index is 2.48. The van der Waals surface area contributed by atoms with Gasteiger partial charge in [-0.15, -0.1) is 0 Å². The summed E-state index contributed by atoms with van der Waals surface area (Å²) in [6.07, 6.45) is 6.24. The van der Waals surface area contributed by atoms with E-state index in [-0.39, 0.29) is 0 Å². The molecule has 2 aromatic heterocycles. The molecule has 50 valence electrons. The third-order valence-corrected chi connectivity index (χ3v) is 1.24. The third-order valence-electron chi connectivity index (χ3n) is 1.24. The fourth-order valence-corrected chi connectivity index (χ4v) is 0.763. The van der Waals surface area contributed by atoms with Gasteiger partial charge in [0.25, 0.3) is 0 Å². The Hall–Kier alpha value is -1.51. The molecule has 0 amide bonds. The van der Waals surface area contributed by atoms with Crippen molar-refractivity contribution in [3.8, 4) is 11.3 Å². The first-order valence-electron chi connectivity index (χ1n) is 2.88. The molecule has 0 aliphatic carbocycles. The standard InChI is InChI=1S/C7H5NO2/c1-2-9-4-6(1)7-3-8-5-10-7/h1-5H. The van der Waals surface area contributed by atoms with Gasteiger partial charge in [-0.2, -0.15) is 0 Å². The molecular formula is C7H5NO2. The second-order valence-corrected chi connectivity index (χ2v) is 1.88. The van der Waals surface area contributed by atoms with Crippen LogP contribution in [0.4, 0.5) is 0 Å². The van der Waals surface area contributed by atoms with E-state index in [0.717, 1.165) is 11.3 Å². The normalized spacial score (nSPS) is 10.0. The predicted octanol–water partition coefficient (Wildman–Crippen LogP) is 1.93. The number of nitrogens with zero attached hydrogens (tertiary/aromatic N) is 1. The van der Waals surface area contributed by atoms with Crippen molar-refractivity contribution in [2.24, 2.45) is 0 Å². The number of furan rings is 1. The minimum absolute atomic E-state index is 0.730. The molecule has 0 spiro atoms. The lowest BCUT2D eigenvalue weighted by Crippen LogP contribution is -1.62. The van der Waals surface area contributed by atoms with E-state index < -0.39 is 0 Å². The van der Waals surface area contributed by atoms with Crippen molar-refractivity contribution in [1.82, 2.24) is 4.98 Å². The first-order chi connectivity index (χ1) is 4.97.